The molecule has 18 unspecified atom stereocenters. The highest BCUT2D eigenvalue weighted by Gasteiger charge is 2.57. The zero-order valence-electron chi connectivity index (χ0n) is 29.2. The lowest BCUT2D eigenvalue weighted by molar-refractivity contribution is -0.0923. The van der Waals surface area contributed by atoms with E-state index >= 15 is 0 Å². The first-order valence-corrected chi connectivity index (χ1v) is 21.9. The molecule has 0 spiro atoms. The molecular formula is C37H66N8OSi. The Morgan fingerprint density at radius 1 is 0.383 bits per heavy atom. The Morgan fingerprint density at radius 3 is 1.13 bits per heavy atom. The predicted molar refractivity (Wildman–Crippen MR) is 189 cm³/mol. The van der Waals surface area contributed by atoms with Crippen molar-refractivity contribution < 1.29 is 4.74 Å². The third-order valence-corrected chi connectivity index (χ3v) is 17.7. The molecule has 18 atom stereocenters. The normalized spacial score (nSPS) is 57.6. The second-order valence-electron chi connectivity index (χ2n) is 18.4. The van der Waals surface area contributed by atoms with E-state index in [9.17, 15) is 0 Å². The van der Waals surface area contributed by atoms with Gasteiger partial charge < -0.3 is 4.74 Å². The molecule has 6 heterocycles. The summed E-state index contributed by atoms with van der Waals surface area (Å²) in [5, 5.41) is 34.6. The maximum absolute atomic E-state index is 6.85. The number of rotatable bonds is 1. The summed E-state index contributed by atoms with van der Waals surface area (Å²) in [7, 11) is 1.15. The van der Waals surface area contributed by atoms with E-state index in [1.54, 1.807) is 0 Å². The molecule has 0 aromatic heterocycles. The van der Waals surface area contributed by atoms with E-state index in [-0.39, 0.29) is 5.22 Å². The standard InChI is InChI=1S/C37H66N8OSi/c47-37(18-7-8-19-46-37)27-17-9-16-26-28(27)36-44-34-25-15-6-5-14-24(25)32(42-34)40-30-21-11-2-1-10-20(21)29(38-30)39-31-22-12-3-4-13-23(22)33(41-31)43-35(26)45-36/h20-36,38-45H,1-19H2,47H3. The van der Waals surface area contributed by atoms with Crippen LogP contribution in [-0.2, 0) is 4.74 Å². The van der Waals surface area contributed by atoms with E-state index in [4.69, 9.17) is 4.74 Å². The quantitative estimate of drug-likeness (QED) is 0.200. The lowest BCUT2D eigenvalue weighted by Crippen LogP contribution is -2.62. The first-order chi connectivity index (χ1) is 23.1. The number of ether oxygens (including phenoxy) is 1. The summed E-state index contributed by atoms with van der Waals surface area (Å²) < 4.78 is 6.85. The molecular weight excluding hydrogens is 601 g/mol. The van der Waals surface area contributed by atoms with E-state index in [0.29, 0.717) is 84.8 Å². The van der Waals surface area contributed by atoms with Crippen molar-refractivity contribution >= 4 is 10.2 Å². The maximum atomic E-state index is 6.85. The molecule has 10 rings (SSSR count). The zero-order valence-corrected chi connectivity index (χ0v) is 31.2. The minimum Gasteiger partial charge on any atom is -0.379 e. The molecule has 4 aliphatic carbocycles. The summed E-state index contributed by atoms with van der Waals surface area (Å²) >= 11 is 0. The predicted octanol–water partition coefficient (Wildman–Crippen LogP) is 2.09. The third-order valence-electron chi connectivity index (χ3n) is 16.2. The van der Waals surface area contributed by atoms with Gasteiger partial charge in [0.2, 0.25) is 0 Å². The number of nitrogens with one attached hydrogen (secondary N) is 8. The van der Waals surface area contributed by atoms with Gasteiger partial charge in [-0.1, -0.05) is 44.9 Å². The fourth-order valence-corrected chi connectivity index (χ4v) is 15.2. The Hall–Kier alpha value is -0.143. The van der Waals surface area contributed by atoms with Crippen LogP contribution >= 0.6 is 0 Å². The van der Waals surface area contributed by atoms with Crippen LogP contribution in [0.15, 0.2) is 0 Å². The highest BCUT2D eigenvalue weighted by Crippen LogP contribution is 2.50. The van der Waals surface area contributed by atoms with Gasteiger partial charge in [0.05, 0.1) is 54.6 Å². The van der Waals surface area contributed by atoms with Gasteiger partial charge in [0, 0.05) is 16.8 Å². The van der Waals surface area contributed by atoms with Crippen molar-refractivity contribution in [2.24, 2.45) is 53.3 Å². The fraction of sp³-hybridized carbons (Fsp3) is 1.00. The SMILES string of the molecule is [SiH3]C1(C2CCCC3C4NC5NC(NC6NC(NC7NC(NC(N4)C32)C2CCCCC72)C2CCCCC62)C2CCCCC52)CCCCO1. The minimum absolute atomic E-state index is 0.147. The molecule has 0 amide bonds. The van der Waals surface area contributed by atoms with E-state index in [1.807, 2.05) is 0 Å². The van der Waals surface area contributed by atoms with Gasteiger partial charge in [-0.2, -0.15) is 0 Å². The molecule has 10 fully saturated rings. The molecule has 10 heteroatoms. The van der Waals surface area contributed by atoms with Crippen LogP contribution in [0.2, 0.25) is 0 Å². The molecule has 6 aliphatic heterocycles. The third kappa shape index (κ3) is 5.48. The first kappa shape index (κ1) is 31.6. The topological polar surface area (TPSA) is 105 Å². The van der Waals surface area contributed by atoms with Crippen LogP contribution < -0.4 is 42.5 Å². The van der Waals surface area contributed by atoms with Crippen LogP contribution in [0.1, 0.15) is 116 Å². The summed E-state index contributed by atoms with van der Waals surface area (Å²) in [6.07, 6.45) is 27.5. The van der Waals surface area contributed by atoms with Gasteiger partial charge in [-0.15, -0.1) is 0 Å². The minimum atomic E-state index is 0.147. The molecule has 0 aromatic carbocycles. The van der Waals surface area contributed by atoms with Gasteiger partial charge in [-0.05, 0) is 124 Å². The van der Waals surface area contributed by atoms with Crippen molar-refractivity contribution in [2.75, 3.05) is 6.61 Å². The molecule has 9 nitrogen and oxygen atoms in total. The average molecular weight is 667 g/mol. The van der Waals surface area contributed by atoms with Gasteiger partial charge in [0.1, 0.15) is 0 Å². The highest BCUT2D eigenvalue weighted by molar-refractivity contribution is 6.14. The van der Waals surface area contributed by atoms with Crippen LogP contribution in [0.3, 0.4) is 0 Å². The lowest BCUT2D eigenvalue weighted by Gasteiger charge is -2.49. The Bertz CT molecular complexity index is 1120. The van der Waals surface area contributed by atoms with Crippen LogP contribution in [-0.4, -0.2) is 71.4 Å². The molecule has 10 aliphatic rings. The maximum Gasteiger partial charge on any atom is 0.0632 e. The van der Waals surface area contributed by atoms with Crippen LogP contribution in [0.25, 0.3) is 0 Å². The lowest BCUT2D eigenvalue weighted by atomic mass is 9.68. The molecule has 8 N–H and O–H groups in total. The summed E-state index contributed by atoms with van der Waals surface area (Å²) in [6.45, 7) is 0.980. The Balaban J connectivity index is 1.00. The molecule has 47 heavy (non-hydrogen) atoms. The summed E-state index contributed by atoms with van der Waals surface area (Å²) in [4.78, 5) is 0. The number of hydrogen-bond acceptors (Lipinski definition) is 9. The second-order valence-corrected chi connectivity index (χ2v) is 20.1. The van der Waals surface area contributed by atoms with Crippen molar-refractivity contribution in [2.45, 2.75) is 170 Å². The van der Waals surface area contributed by atoms with E-state index in [1.165, 1.54) is 116 Å². The van der Waals surface area contributed by atoms with Crippen molar-refractivity contribution in [3.63, 3.8) is 0 Å². The molecule has 264 valence electrons. The van der Waals surface area contributed by atoms with Crippen molar-refractivity contribution in [3.05, 3.63) is 0 Å². The van der Waals surface area contributed by atoms with E-state index in [2.05, 4.69) is 42.5 Å². The van der Waals surface area contributed by atoms with Crippen LogP contribution in [0, 0.1) is 53.3 Å². The van der Waals surface area contributed by atoms with Crippen molar-refractivity contribution in [3.8, 4) is 0 Å². The van der Waals surface area contributed by atoms with Crippen LogP contribution in [0.4, 0.5) is 0 Å². The van der Waals surface area contributed by atoms with Crippen molar-refractivity contribution in [1.82, 2.24) is 42.5 Å². The molecule has 0 radical (unpaired) electrons. The van der Waals surface area contributed by atoms with Gasteiger partial charge >= 0.3 is 0 Å². The van der Waals surface area contributed by atoms with Gasteiger partial charge in [0.15, 0.2) is 0 Å². The average Bonchev–Trinajstić information content (AvgIpc) is 3.84. The fourth-order valence-electron chi connectivity index (χ4n) is 14.0. The van der Waals surface area contributed by atoms with Gasteiger partial charge in [0.25, 0.3) is 0 Å². The second kappa shape index (κ2) is 12.8. The Morgan fingerprint density at radius 2 is 0.745 bits per heavy atom. The molecule has 8 bridgehead atoms. The number of hydrogen-bond donors (Lipinski definition) is 8. The van der Waals surface area contributed by atoms with Gasteiger partial charge in [-0.25, -0.2) is 0 Å². The summed E-state index contributed by atoms with van der Waals surface area (Å²) in [5.74, 6) is 6.28. The molecule has 4 saturated carbocycles. The summed E-state index contributed by atoms with van der Waals surface area (Å²) in [5.41, 5.74) is 0. The molecule has 6 saturated heterocycles. The molecule has 0 aromatic rings. The number of fused-ring (bicyclic) bond motifs is 20. The first-order valence-electron chi connectivity index (χ1n) is 20.9. The zero-order chi connectivity index (χ0) is 31.1. The summed E-state index contributed by atoms with van der Waals surface area (Å²) in [6, 6.07) is 0. The Kier molecular flexibility index (Phi) is 8.61. The largest absolute Gasteiger partial charge is 0.379 e. The Labute approximate surface area is 287 Å². The van der Waals surface area contributed by atoms with E-state index < -0.39 is 0 Å². The van der Waals surface area contributed by atoms with E-state index in [0.717, 1.165) is 34.6 Å². The van der Waals surface area contributed by atoms with Gasteiger partial charge in [-0.3, -0.25) is 42.5 Å². The smallest absolute Gasteiger partial charge is 0.0632 e. The highest BCUT2D eigenvalue weighted by atomic mass is 28.1. The van der Waals surface area contributed by atoms with Crippen LogP contribution in [0.5, 0.6) is 0 Å². The van der Waals surface area contributed by atoms with Crippen molar-refractivity contribution in [1.29, 1.82) is 0 Å². The monoisotopic (exact) mass is 667 g/mol.